The van der Waals surface area contributed by atoms with Gasteiger partial charge >= 0.3 is 0 Å². The van der Waals surface area contributed by atoms with Crippen molar-refractivity contribution in [2.75, 3.05) is 11.6 Å². The summed E-state index contributed by atoms with van der Waals surface area (Å²) >= 11 is 0. The van der Waals surface area contributed by atoms with E-state index in [-0.39, 0.29) is 5.75 Å². The topological polar surface area (TPSA) is 43.7 Å². The number of hydrogen-bond donors (Lipinski definition) is 2. The summed E-state index contributed by atoms with van der Waals surface area (Å²) in [6, 6.07) is 5.16. The van der Waals surface area contributed by atoms with Gasteiger partial charge in [-0.05, 0) is 18.6 Å². The quantitative estimate of drug-likeness (QED) is 0.584. The standard InChI is InChI=1S/C8H9NO2/c10-8-3-1-2-7-6(8)4-5-9(7)11/h1-3,10-11H,4-5H2. The summed E-state index contributed by atoms with van der Waals surface area (Å²) in [7, 11) is 0. The van der Waals surface area contributed by atoms with Crippen molar-refractivity contribution < 1.29 is 10.3 Å². The first kappa shape index (κ1) is 6.49. The molecule has 0 aliphatic carbocycles. The second-order valence-electron chi connectivity index (χ2n) is 2.65. The Morgan fingerprint density at radius 1 is 1.36 bits per heavy atom. The Hall–Kier alpha value is -1.22. The summed E-state index contributed by atoms with van der Waals surface area (Å²) in [5.74, 6) is 0.277. The summed E-state index contributed by atoms with van der Waals surface area (Å²) in [5.41, 5.74) is 1.57. The van der Waals surface area contributed by atoms with Gasteiger partial charge in [0.2, 0.25) is 0 Å². The smallest absolute Gasteiger partial charge is 0.120 e. The van der Waals surface area contributed by atoms with Crippen molar-refractivity contribution in [3.05, 3.63) is 23.8 Å². The van der Waals surface area contributed by atoms with Gasteiger partial charge in [-0.1, -0.05) is 6.07 Å². The molecule has 0 fully saturated rings. The van der Waals surface area contributed by atoms with E-state index in [1.165, 1.54) is 0 Å². The molecule has 1 aromatic rings. The molecule has 0 spiro atoms. The summed E-state index contributed by atoms with van der Waals surface area (Å²) in [5, 5.41) is 19.7. The third-order valence-corrected chi connectivity index (χ3v) is 1.98. The molecule has 11 heavy (non-hydrogen) atoms. The van der Waals surface area contributed by atoms with Crippen LogP contribution < -0.4 is 5.06 Å². The molecule has 0 aromatic heterocycles. The molecule has 58 valence electrons. The van der Waals surface area contributed by atoms with Gasteiger partial charge in [-0.25, -0.2) is 0 Å². The molecule has 0 atom stereocenters. The molecule has 1 aromatic carbocycles. The Morgan fingerprint density at radius 3 is 2.91 bits per heavy atom. The van der Waals surface area contributed by atoms with E-state index in [1.54, 1.807) is 18.2 Å². The van der Waals surface area contributed by atoms with E-state index < -0.39 is 0 Å². The Kier molecular flexibility index (Phi) is 1.26. The molecule has 3 heteroatoms. The van der Waals surface area contributed by atoms with Crippen LogP contribution in [0.1, 0.15) is 5.56 Å². The van der Waals surface area contributed by atoms with Crippen LogP contribution in [0.15, 0.2) is 18.2 Å². The summed E-state index contributed by atoms with van der Waals surface area (Å²) in [4.78, 5) is 0. The number of benzene rings is 1. The molecule has 0 unspecified atom stereocenters. The van der Waals surface area contributed by atoms with Gasteiger partial charge in [-0.3, -0.25) is 10.3 Å². The number of hydrogen-bond acceptors (Lipinski definition) is 3. The van der Waals surface area contributed by atoms with E-state index in [0.29, 0.717) is 6.54 Å². The Balaban J connectivity index is 2.57. The van der Waals surface area contributed by atoms with E-state index in [4.69, 9.17) is 0 Å². The Labute approximate surface area is 64.5 Å². The van der Waals surface area contributed by atoms with Crippen molar-refractivity contribution in [2.45, 2.75) is 6.42 Å². The number of aromatic hydroxyl groups is 1. The van der Waals surface area contributed by atoms with Gasteiger partial charge < -0.3 is 5.11 Å². The molecule has 1 aliphatic rings. The highest BCUT2D eigenvalue weighted by atomic mass is 16.5. The first-order valence-electron chi connectivity index (χ1n) is 3.56. The van der Waals surface area contributed by atoms with E-state index in [1.807, 2.05) is 0 Å². The van der Waals surface area contributed by atoms with Crippen molar-refractivity contribution >= 4 is 5.69 Å². The molecule has 0 radical (unpaired) electrons. The van der Waals surface area contributed by atoms with Crippen LogP contribution in [0.2, 0.25) is 0 Å². The van der Waals surface area contributed by atoms with Crippen LogP contribution in [0.3, 0.4) is 0 Å². The minimum atomic E-state index is 0.277. The normalized spacial score (nSPS) is 15.2. The number of anilines is 1. The predicted molar refractivity (Wildman–Crippen MR) is 40.9 cm³/mol. The maximum Gasteiger partial charge on any atom is 0.120 e. The van der Waals surface area contributed by atoms with Crippen LogP contribution in [0.5, 0.6) is 5.75 Å². The molecule has 0 saturated carbocycles. The number of phenols is 1. The Bertz CT molecular complexity index is 285. The molecule has 0 saturated heterocycles. The van der Waals surface area contributed by atoms with E-state index >= 15 is 0 Å². The van der Waals surface area contributed by atoms with Crippen molar-refractivity contribution in [1.82, 2.24) is 0 Å². The van der Waals surface area contributed by atoms with Gasteiger partial charge in [0.15, 0.2) is 0 Å². The van der Waals surface area contributed by atoms with Crippen LogP contribution >= 0.6 is 0 Å². The maximum atomic E-state index is 9.31. The van der Waals surface area contributed by atoms with Crippen molar-refractivity contribution in [1.29, 1.82) is 0 Å². The fourth-order valence-electron chi connectivity index (χ4n) is 1.40. The molecule has 2 N–H and O–H groups in total. The van der Waals surface area contributed by atoms with Gasteiger partial charge in [-0.2, -0.15) is 0 Å². The highest BCUT2D eigenvalue weighted by Crippen LogP contribution is 2.32. The number of rotatable bonds is 0. The molecule has 1 aliphatic heterocycles. The lowest BCUT2D eigenvalue weighted by Gasteiger charge is -2.08. The second-order valence-corrected chi connectivity index (χ2v) is 2.65. The lowest BCUT2D eigenvalue weighted by molar-refractivity contribution is 0.264. The Morgan fingerprint density at radius 2 is 2.18 bits per heavy atom. The van der Waals surface area contributed by atoms with E-state index in [9.17, 15) is 10.3 Å². The van der Waals surface area contributed by atoms with Gasteiger partial charge in [0.25, 0.3) is 0 Å². The average molecular weight is 151 g/mol. The van der Waals surface area contributed by atoms with Crippen molar-refractivity contribution in [3.63, 3.8) is 0 Å². The maximum absolute atomic E-state index is 9.31. The van der Waals surface area contributed by atoms with Crippen molar-refractivity contribution in [3.8, 4) is 5.75 Å². The largest absolute Gasteiger partial charge is 0.508 e. The average Bonchev–Trinajstić information content (AvgIpc) is 2.35. The first-order chi connectivity index (χ1) is 5.29. The van der Waals surface area contributed by atoms with E-state index in [2.05, 4.69) is 0 Å². The minimum Gasteiger partial charge on any atom is -0.508 e. The van der Waals surface area contributed by atoms with Crippen LogP contribution in [-0.2, 0) is 6.42 Å². The number of fused-ring (bicyclic) bond motifs is 1. The van der Waals surface area contributed by atoms with Gasteiger partial charge in [0.1, 0.15) is 5.75 Å². The van der Waals surface area contributed by atoms with Gasteiger partial charge in [-0.15, -0.1) is 0 Å². The SMILES string of the molecule is Oc1cccc2c1CCN2O. The fraction of sp³-hybridized carbons (Fsp3) is 0.250. The van der Waals surface area contributed by atoms with Gasteiger partial charge in [0, 0.05) is 12.1 Å². The molecule has 1 heterocycles. The third kappa shape index (κ3) is 0.851. The summed E-state index contributed by atoms with van der Waals surface area (Å²) < 4.78 is 0. The summed E-state index contributed by atoms with van der Waals surface area (Å²) in [6.45, 7) is 0.576. The molecular formula is C8H9NO2. The predicted octanol–water partition coefficient (Wildman–Crippen LogP) is 1.14. The highest BCUT2D eigenvalue weighted by Gasteiger charge is 2.19. The summed E-state index contributed by atoms with van der Waals surface area (Å²) in [6.07, 6.45) is 0.721. The van der Waals surface area contributed by atoms with Gasteiger partial charge in [0.05, 0.1) is 5.69 Å². The molecular weight excluding hydrogens is 142 g/mol. The second kappa shape index (κ2) is 2.13. The lowest BCUT2D eigenvalue weighted by atomic mass is 10.1. The molecule has 3 nitrogen and oxygen atoms in total. The zero-order valence-electron chi connectivity index (χ0n) is 5.99. The van der Waals surface area contributed by atoms with Crippen LogP contribution in [-0.4, -0.2) is 16.9 Å². The molecule has 2 rings (SSSR count). The zero-order chi connectivity index (χ0) is 7.84. The molecule has 0 bridgehead atoms. The molecule has 0 amide bonds. The minimum absolute atomic E-state index is 0.277. The number of nitrogens with zero attached hydrogens (tertiary/aromatic N) is 1. The third-order valence-electron chi connectivity index (χ3n) is 1.98. The lowest BCUT2D eigenvalue weighted by Crippen LogP contribution is -2.13. The number of hydroxylamine groups is 1. The van der Waals surface area contributed by atoms with Crippen LogP contribution in [0, 0.1) is 0 Å². The fourth-order valence-corrected chi connectivity index (χ4v) is 1.40. The number of phenolic OH excluding ortho intramolecular Hbond substituents is 1. The monoisotopic (exact) mass is 151 g/mol. The van der Waals surface area contributed by atoms with E-state index in [0.717, 1.165) is 22.7 Å². The van der Waals surface area contributed by atoms with Crippen molar-refractivity contribution in [2.24, 2.45) is 0 Å². The zero-order valence-corrected chi connectivity index (χ0v) is 5.99. The van der Waals surface area contributed by atoms with Crippen LogP contribution in [0.4, 0.5) is 5.69 Å². The highest BCUT2D eigenvalue weighted by molar-refractivity contribution is 5.60. The first-order valence-corrected chi connectivity index (χ1v) is 3.56. The van der Waals surface area contributed by atoms with Crippen LogP contribution in [0.25, 0.3) is 0 Å².